The average molecular weight is 288 g/mol. The standard InChI is InChI=1S/C14H24O6/c1-13(2,3)19-11(15)17-9-7-8-10-18-12(16)20-14(4,5)6/h7-8H,9-10H2,1-6H3/b8-7-. The Hall–Kier alpha value is -1.72. The van der Waals surface area contributed by atoms with Crippen molar-refractivity contribution in [3.05, 3.63) is 12.2 Å². The number of carbonyl (C=O) groups excluding carboxylic acids is 2. The van der Waals surface area contributed by atoms with E-state index in [0.717, 1.165) is 0 Å². The number of hydrogen-bond donors (Lipinski definition) is 0. The predicted molar refractivity (Wildman–Crippen MR) is 73.5 cm³/mol. The fourth-order valence-corrected chi connectivity index (χ4v) is 0.927. The number of hydrogen-bond acceptors (Lipinski definition) is 6. The third kappa shape index (κ3) is 12.7. The first-order valence-electron chi connectivity index (χ1n) is 6.36. The van der Waals surface area contributed by atoms with E-state index in [2.05, 4.69) is 0 Å². The van der Waals surface area contributed by atoms with Crippen molar-refractivity contribution >= 4 is 12.3 Å². The van der Waals surface area contributed by atoms with Gasteiger partial charge >= 0.3 is 12.3 Å². The zero-order valence-electron chi connectivity index (χ0n) is 13.0. The quantitative estimate of drug-likeness (QED) is 0.583. The van der Waals surface area contributed by atoms with Crippen LogP contribution in [0.5, 0.6) is 0 Å². The fraction of sp³-hybridized carbons (Fsp3) is 0.714. The van der Waals surface area contributed by atoms with E-state index in [1.807, 2.05) is 0 Å². The Labute approximate surface area is 120 Å². The van der Waals surface area contributed by atoms with E-state index in [-0.39, 0.29) is 13.2 Å². The molecule has 0 atom stereocenters. The van der Waals surface area contributed by atoms with E-state index in [1.54, 1.807) is 53.7 Å². The highest BCUT2D eigenvalue weighted by Gasteiger charge is 2.17. The Balaban J connectivity index is 3.73. The van der Waals surface area contributed by atoms with Crippen molar-refractivity contribution in [1.82, 2.24) is 0 Å². The predicted octanol–water partition coefficient (Wildman–Crippen LogP) is 3.45. The van der Waals surface area contributed by atoms with Crippen LogP contribution in [0.25, 0.3) is 0 Å². The molecule has 0 aromatic carbocycles. The second kappa shape index (κ2) is 7.77. The van der Waals surface area contributed by atoms with Gasteiger partial charge in [0.2, 0.25) is 0 Å². The van der Waals surface area contributed by atoms with Gasteiger partial charge in [0.25, 0.3) is 0 Å². The van der Waals surface area contributed by atoms with Gasteiger partial charge in [-0.3, -0.25) is 0 Å². The van der Waals surface area contributed by atoms with Gasteiger partial charge < -0.3 is 18.9 Å². The van der Waals surface area contributed by atoms with Crippen molar-refractivity contribution in [3.63, 3.8) is 0 Å². The lowest BCUT2D eigenvalue weighted by atomic mass is 10.2. The van der Waals surface area contributed by atoms with E-state index in [9.17, 15) is 9.59 Å². The number of carbonyl (C=O) groups is 2. The van der Waals surface area contributed by atoms with Crippen LogP contribution >= 0.6 is 0 Å². The van der Waals surface area contributed by atoms with Crippen molar-refractivity contribution < 1.29 is 28.5 Å². The van der Waals surface area contributed by atoms with E-state index >= 15 is 0 Å². The molecule has 0 fully saturated rings. The molecule has 0 aromatic rings. The monoisotopic (exact) mass is 288 g/mol. The van der Waals surface area contributed by atoms with Crippen LogP contribution in [0.1, 0.15) is 41.5 Å². The zero-order valence-corrected chi connectivity index (χ0v) is 13.0. The summed E-state index contributed by atoms with van der Waals surface area (Å²) in [7, 11) is 0. The minimum Gasteiger partial charge on any atom is -0.430 e. The second-order valence-corrected chi connectivity index (χ2v) is 6.02. The van der Waals surface area contributed by atoms with Crippen LogP contribution in [0, 0.1) is 0 Å². The Bertz CT molecular complexity index is 312. The molecule has 0 aliphatic heterocycles. The SMILES string of the molecule is CC(C)(C)OC(=O)OC/C=C\COC(=O)OC(C)(C)C. The van der Waals surface area contributed by atoms with Crippen molar-refractivity contribution in [2.45, 2.75) is 52.7 Å². The summed E-state index contributed by atoms with van der Waals surface area (Å²) >= 11 is 0. The molecule has 0 spiro atoms. The molecule has 0 radical (unpaired) electrons. The van der Waals surface area contributed by atoms with Crippen LogP contribution < -0.4 is 0 Å². The number of rotatable bonds is 4. The molecule has 116 valence electrons. The third-order valence-electron chi connectivity index (χ3n) is 1.54. The van der Waals surface area contributed by atoms with Crippen LogP contribution in [0.2, 0.25) is 0 Å². The summed E-state index contributed by atoms with van der Waals surface area (Å²) < 4.78 is 19.4. The van der Waals surface area contributed by atoms with Gasteiger partial charge in [-0.25, -0.2) is 9.59 Å². The van der Waals surface area contributed by atoms with Gasteiger partial charge in [0, 0.05) is 0 Å². The smallest absolute Gasteiger partial charge is 0.430 e. The molecule has 0 unspecified atom stereocenters. The van der Waals surface area contributed by atoms with E-state index in [1.165, 1.54) is 0 Å². The van der Waals surface area contributed by atoms with E-state index in [0.29, 0.717) is 0 Å². The van der Waals surface area contributed by atoms with Crippen molar-refractivity contribution in [2.75, 3.05) is 13.2 Å². The molecular weight excluding hydrogens is 264 g/mol. The molecule has 0 N–H and O–H groups in total. The summed E-state index contributed by atoms with van der Waals surface area (Å²) in [6.07, 6.45) is 1.62. The molecule has 20 heavy (non-hydrogen) atoms. The molecule has 6 heteroatoms. The van der Waals surface area contributed by atoms with E-state index < -0.39 is 23.5 Å². The highest BCUT2D eigenvalue weighted by Crippen LogP contribution is 2.08. The first kappa shape index (κ1) is 18.3. The summed E-state index contributed by atoms with van der Waals surface area (Å²) in [4.78, 5) is 22.3. The molecule has 0 aromatic heterocycles. The molecule has 0 aliphatic rings. The maximum Gasteiger partial charge on any atom is 0.509 e. The Morgan fingerprint density at radius 3 is 1.30 bits per heavy atom. The molecule has 0 bridgehead atoms. The largest absolute Gasteiger partial charge is 0.509 e. The Kier molecular flexibility index (Phi) is 7.10. The Morgan fingerprint density at radius 1 is 0.750 bits per heavy atom. The Morgan fingerprint density at radius 2 is 1.05 bits per heavy atom. The lowest BCUT2D eigenvalue weighted by molar-refractivity contribution is -0.00508. The van der Waals surface area contributed by atoms with Crippen molar-refractivity contribution in [3.8, 4) is 0 Å². The van der Waals surface area contributed by atoms with Gasteiger partial charge in [-0.1, -0.05) is 0 Å². The molecule has 0 amide bonds. The summed E-state index contributed by atoms with van der Waals surface area (Å²) in [5.41, 5.74) is -1.17. The van der Waals surface area contributed by atoms with Crippen LogP contribution in [0.4, 0.5) is 9.59 Å². The molecule has 0 saturated carbocycles. The lowest BCUT2D eigenvalue weighted by Gasteiger charge is -2.18. The molecule has 0 saturated heterocycles. The van der Waals surface area contributed by atoms with Crippen molar-refractivity contribution in [1.29, 1.82) is 0 Å². The average Bonchev–Trinajstić information content (AvgIpc) is 2.17. The third-order valence-corrected chi connectivity index (χ3v) is 1.54. The van der Waals surface area contributed by atoms with Crippen LogP contribution in [0.15, 0.2) is 12.2 Å². The van der Waals surface area contributed by atoms with Gasteiger partial charge in [0.1, 0.15) is 24.4 Å². The van der Waals surface area contributed by atoms with E-state index in [4.69, 9.17) is 18.9 Å². The van der Waals surface area contributed by atoms with Crippen LogP contribution in [0.3, 0.4) is 0 Å². The molecule has 0 heterocycles. The fourth-order valence-electron chi connectivity index (χ4n) is 0.927. The van der Waals surface area contributed by atoms with Gasteiger partial charge in [0.05, 0.1) is 0 Å². The van der Waals surface area contributed by atoms with Gasteiger partial charge in [0.15, 0.2) is 0 Å². The summed E-state index contributed by atoms with van der Waals surface area (Å²) in [5.74, 6) is 0. The topological polar surface area (TPSA) is 71.1 Å². The van der Waals surface area contributed by atoms with Crippen molar-refractivity contribution in [2.24, 2.45) is 0 Å². The molecular formula is C14H24O6. The highest BCUT2D eigenvalue weighted by atomic mass is 16.7. The summed E-state index contributed by atoms with van der Waals surface area (Å²) in [5, 5.41) is 0. The molecule has 0 rings (SSSR count). The highest BCUT2D eigenvalue weighted by molar-refractivity contribution is 5.61. The van der Waals surface area contributed by atoms with Gasteiger partial charge in [-0.2, -0.15) is 0 Å². The first-order valence-corrected chi connectivity index (χ1v) is 6.36. The molecule has 6 nitrogen and oxygen atoms in total. The minimum atomic E-state index is -0.741. The maximum atomic E-state index is 11.2. The second-order valence-electron chi connectivity index (χ2n) is 6.02. The normalized spacial score (nSPS) is 12.1. The maximum absolute atomic E-state index is 11.2. The van der Waals surface area contributed by atoms with Gasteiger partial charge in [-0.15, -0.1) is 0 Å². The summed E-state index contributed by atoms with van der Waals surface area (Å²) in [6, 6.07) is 0. The van der Waals surface area contributed by atoms with Crippen LogP contribution in [-0.2, 0) is 18.9 Å². The summed E-state index contributed by atoms with van der Waals surface area (Å²) in [6.45, 7) is 10.6. The molecule has 0 aliphatic carbocycles. The first-order chi connectivity index (χ1) is 8.99. The van der Waals surface area contributed by atoms with Gasteiger partial charge in [-0.05, 0) is 53.7 Å². The lowest BCUT2D eigenvalue weighted by Crippen LogP contribution is -2.24. The number of ether oxygens (including phenoxy) is 4. The zero-order chi connectivity index (χ0) is 15.8. The minimum absolute atomic E-state index is 0.0482. The van der Waals surface area contributed by atoms with Crippen LogP contribution in [-0.4, -0.2) is 36.7 Å².